The molecule has 2 aromatic carbocycles. The average Bonchev–Trinajstić information content (AvgIpc) is 3.14. The fourth-order valence-corrected chi connectivity index (χ4v) is 4.52. The zero-order chi connectivity index (χ0) is 27.4. The molecule has 9 heteroatoms. The van der Waals surface area contributed by atoms with Gasteiger partial charge in [0.25, 0.3) is 11.7 Å². The molecule has 0 fully saturated rings. The summed E-state index contributed by atoms with van der Waals surface area (Å²) in [6.45, 7) is 3.47. The Kier molecular flexibility index (Phi) is 7.85. The van der Waals surface area contributed by atoms with E-state index in [2.05, 4.69) is 10.3 Å². The number of rotatable bonds is 9. The van der Waals surface area contributed by atoms with Gasteiger partial charge >= 0.3 is 0 Å². The number of nitrogens with one attached hydrogen (secondary N) is 1. The zero-order valence-corrected chi connectivity index (χ0v) is 21.9. The van der Waals surface area contributed by atoms with Gasteiger partial charge in [-0.15, -0.1) is 0 Å². The van der Waals surface area contributed by atoms with Gasteiger partial charge in [-0.05, 0) is 53.9 Å². The lowest BCUT2D eigenvalue weighted by atomic mass is 10.00. The Bertz CT molecular complexity index is 1340. The van der Waals surface area contributed by atoms with E-state index in [4.69, 9.17) is 0 Å². The third-order valence-corrected chi connectivity index (χ3v) is 6.46. The summed E-state index contributed by atoms with van der Waals surface area (Å²) in [7, 11) is 3.86. The molecule has 1 N–H and O–H groups in total. The monoisotopic (exact) mass is 513 g/mol. The van der Waals surface area contributed by atoms with Crippen molar-refractivity contribution in [2.75, 3.05) is 35.8 Å². The lowest BCUT2D eigenvalue weighted by Crippen LogP contribution is -2.53. The molecule has 0 unspecified atom stereocenters. The number of carbonyl (C=O) groups is 4. The highest BCUT2D eigenvalue weighted by Gasteiger charge is 2.39. The van der Waals surface area contributed by atoms with Crippen LogP contribution in [0.1, 0.15) is 29.8 Å². The predicted octanol–water partition coefficient (Wildman–Crippen LogP) is 3.37. The van der Waals surface area contributed by atoms with Crippen LogP contribution in [0.3, 0.4) is 0 Å². The summed E-state index contributed by atoms with van der Waals surface area (Å²) >= 11 is 0. The molecule has 1 atom stereocenters. The summed E-state index contributed by atoms with van der Waals surface area (Å²) in [6.07, 6.45) is 3.26. The molecule has 0 radical (unpaired) electrons. The van der Waals surface area contributed by atoms with Gasteiger partial charge in [0.1, 0.15) is 12.6 Å². The number of para-hydroxylation sites is 1. The van der Waals surface area contributed by atoms with Crippen LogP contribution < -0.4 is 15.1 Å². The topological polar surface area (TPSA) is 103 Å². The fraction of sp³-hybridized carbons (Fsp3) is 0.276. The largest absolute Gasteiger partial charge is 0.378 e. The summed E-state index contributed by atoms with van der Waals surface area (Å²) in [6, 6.07) is 16.7. The Morgan fingerprint density at radius 3 is 2.32 bits per heavy atom. The van der Waals surface area contributed by atoms with Gasteiger partial charge in [-0.3, -0.25) is 29.1 Å². The molecule has 0 bridgehead atoms. The molecule has 9 nitrogen and oxygen atoms in total. The number of carbonyl (C=O) groups excluding carboxylic acids is 4. The van der Waals surface area contributed by atoms with E-state index in [0.717, 1.165) is 11.3 Å². The van der Waals surface area contributed by atoms with Gasteiger partial charge in [0.2, 0.25) is 11.8 Å². The van der Waals surface area contributed by atoms with E-state index in [1.54, 1.807) is 42.7 Å². The number of hydrogen-bond acceptors (Lipinski definition) is 6. The first-order valence-corrected chi connectivity index (χ1v) is 12.4. The molecule has 1 aliphatic rings. The van der Waals surface area contributed by atoms with Gasteiger partial charge in [0.05, 0.1) is 11.3 Å². The fourth-order valence-electron chi connectivity index (χ4n) is 4.52. The maximum atomic E-state index is 13.8. The second kappa shape index (κ2) is 11.2. The Morgan fingerprint density at radius 2 is 1.68 bits per heavy atom. The molecule has 0 saturated carbocycles. The SMILES string of the molecule is CC(C)[C@H](C(=O)Nc1ccc(N(C)C)cc1)N(Cc1cccnc1)C(=O)CN1C(=O)C(=O)c2ccccc21. The van der Waals surface area contributed by atoms with E-state index in [9.17, 15) is 19.2 Å². The van der Waals surface area contributed by atoms with Crippen LogP contribution in [0.15, 0.2) is 73.1 Å². The Morgan fingerprint density at radius 1 is 0.974 bits per heavy atom. The maximum Gasteiger partial charge on any atom is 0.299 e. The van der Waals surface area contributed by atoms with Gasteiger partial charge in [0, 0.05) is 44.4 Å². The number of amides is 3. The second-order valence-electron chi connectivity index (χ2n) is 9.74. The first-order chi connectivity index (χ1) is 18.2. The Labute approximate surface area is 222 Å². The lowest BCUT2D eigenvalue weighted by Gasteiger charge is -2.34. The second-order valence-corrected chi connectivity index (χ2v) is 9.74. The third kappa shape index (κ3) is 5.56. The molecule has 1 aliphatic heterocycles. The van der Waals surface area contributed by atoms with Crippen molar-refractivity contribution in [1.29, 1.82) is 0 Å². The van der Waals surface area contributed by atoms with Gasteiger partial charge < -0.3 is 15.1 Å². The summed E-state index contributed by atoms with van der Waals surface area (Å²) < 4.78 is 0. The molecule has 0 saturated heterocycles. The number of Topliss-reactive ketones (excluding diaryl/α,β-unsaturated/α-hetero) is 1. The Hall–Kier alpha value is -4.53. The van der Waals surface area contributed by atoms with Crippen molar-refractivity contribution in [2.24, 2.45) is 5.92 Å². The minimum atomic E-state index is -0.847. The molecule has 196 valence electrons. The molecular formula is C29H31N5O4. The molecule has 38 heavy (non-hydrogen) atoms. The number of hydrogen-bond donors (Lipinski definition) is 1. The molecule has 1 aromatic heterocycles. The van der Waals surface area contributed by atoms with Crippen molar-refractivity contribution in [1.82, 2.24) is 9.88 Å². The summed E-state index contributed by atoms with van der Waals surface area (Å²) in [5, 5.41) is 2.93. The molecule has 0 spiro atoms. The number of pyridine rings is 1. The standard InChI is InChI=1S/C29H31N5O4/c1-19(2)26(28(37)31-21-11-13-22(14-12-21)32(3)4)34(17-20-8-7-15-30-16-20)25(35)18-33-24-10-6-5-9-23(24)27(36)29(33)38/h5-16,19,26H,17-18H2,1-4H3,(H,31,37)/t26-/m1/s1. The molecule has 3 aromatic rings. The highest BCUT2D eigenvalue weighted by molar-refractivity contribution is 6.52. The number of aromatic nitrogens is 1. The van der Waals surface area contributed by atoms with Gasteiger partial charge in [0.15, 0.2) is 0 Å². The average molecular weight is 514 g/mol. The van der Waals surface area contributed by atoms with Crippen LogP contribution in [0.2, 0.25) is 0 Å². The molecule has 3 amide bonds. The highest BCUT2D eigenvalue weighted by Crippen LogP contribution is 2.29. The Balaban J connectivity index is 1.63. The third-order valence-electron chi connectivity index (χ3n) is 6.46. The van der Waals surface area contributed by atoms with E-state index in [-0.39, 0.29) is 30.5 Å². The first-order valence-electron chi connectivity index (χ1n) is 12.4. The smallest absolute Gasteiger partial charge is 0.299 e. The van der Waals surface area contributed by atoms with Crippen LogP contribution in [0.25, 0.3) is 0 Å². The van der Waals surface area contributed by atoms with Crippen LogP contribution in [0.4, 0.5) is 17.1 Å². The van der Waals surface area contributed by atoms with Gasteiger partial charge in [-0.1, -0.05) is 32.0 Å². The molecular weight excluding hydrogens is 482 g/mol. The van der Waals surface area contributed by atoms with Crippen molar-refractivity contribution in [3.8, 4) is 0 Å². The number of anilines is 3. The number of benzene rings is 2. The molecule has 2 heterocycles. The summed E-state index contributed by atoms with van der Waals surface area (Å²) in [5.74, 6) is -2.46. The number of ketones is 1. The quantitative estimate of drug-likeness (QED) is 0.440. The van der Waals surface area contributed by atoms with Crippen LogP contribution in [0, 0.1) is 5.92 Å². The van der Waals surface area contributed by atoms with Crippen LogP contribution >= 0.6 is 0 Å². The van der Waals surface area contributed by atoms with Gasteiger partial charge in [-0.25, -0.2) is 0 Å². The van der Waals surface area contributed by atoms with Crippen molar-refractivity contribution < 1.29 is 19.2 Å². The van der Waals surface area contributed by atoms with Crippen LogP contribution in [0.5, 0.6) is 0 Å². The van der Waals surface area contributed by atoms with Crippen LogP contribution in [-0.2, 0) is 20.9 Å². The number of fused-ring (bicyclic) bond motifs is 1. The van der Waals surface area contributed by atoms with E-state index in [1.165, 1.54) is 9.80 Å². The lowest BCUT2D eigenvalue weighted by molar-refractivity contribution is -0.140. The summed E-state index contributed by atoms with van der Waals surface area (Å²) in [4.78, 5) is 61.4. The minimum Gasteiger partial charge on any atom is -0.378 e. The van der Waals surface area contributed by atoms with Crippen molar-refractivity contribution in [2.45, 2.75) is 26.4 Å². The van der Waals surface area contributed by atoms with E-state index >= 15 is 0 Å². The van der Waals surface area contributed by atoms with Crippen molar-refractivity contribution >= 4 is 40.6 Å². The van der Waals surface area contributed by atoms with Crippen molar-refractivity contribution in [3.63, 3.8) is 0 Å². The zero-order valence-electron chi connectivity index (χ0n) is 21.9. The minimum absolute atomic E-state index is 0.111. The van der Waals surface area contributed by atoms with E-state index < -0.39 is 23.6 Å². The maximum absolute atomic E-state index is 13.8. The highest BCUT2D eigenvalue weighted by atomic mass is 16.2. The van der Waals surface area contributed by atoms with E-state index in [0.29, 0.717) is 11.4 Å². The van der Waals surface area contributed by atoms with E-state index in [1.807, 2.05) is 63.2 Å². The van der Waals surface area contributed by atoms with Crippen molar-refractivity contribution in [3.05, 3.63) is 84.2 Å². The predicted molar refractivity (Wildman–Crippen MR) is 146 cm³/mol. The first kappa shape index (κ1) is 26.5. The van der Waals surface area contributed by atoms with Gasteiger partial charge in [-0.2, -0.15) is 0 Å². The normalized spacial score (nSPS) is 13.3. The summed E-state index contributed by atoms with van der Waals surface area (Å²) in [5.41, 5.74) is 2.99. The van der Waals surface area contributed by atoms with Crippen LogP contribution in [-0.4, -0.2) is 60.1 Å². The molecule has 4 rings (SSSR count). The molecule has 0 aliphatic carbocycles. The number of nitrogens with zero attached hydrogens (tertiary/aromatic N) is 4.